The fourth-order valence-electron chi connectivity index (χ4n) is 8.33. The van der Waals surface area contributed by atoms with Crippen molar-refractivity contribution in [1.82, 2.24) is 4.57 Å². The molecule has 0 bridgehead atoms. The van der Waals surface area contributed by atoms with E-state index in [-0.39, 0.29) is 0 Å². The summed E-state index contributed by atoms with van der Waals surface area (Å²) in [5, 5.41) is 2.46. The molecular weight excluding hydrogens is 677 g/mol. The van der Waals surface area contributed by atoms with Crippen LogP contribution in [-0.2, 0) is 0 Å². The number of hydrogen-bond donors (Lipinski definition) is 0. The lowest BCUT2D eigenvalue weighted by Crippen LogP contribution is -2.13. The lowest BCUT2D eigenvalue weighted by Gasteiger charge is -2.31. The third-order valence-corrected chi connectivity index (χ3v) is 10.8. The minimum Gasteiger partial charge on any atom is -0.309 e. The quantitative estimate of drug-likeness (QED) is 0.152. The second kappa shape index (κ2) is 14.4. The van der Waals surface area contributed by atoms with Gasteiger partial charge in [0.2, 0.25) is 0 Å². The van der Waals surface area contributed by atoms with Crippen molar-refractivity contribution in [2.45, 2.75) is 0 Å². The van der Waals surface area contributed by atoms with Gasteiger partial charge in [0.15, 0.2) is 0 Å². The minimum atomic E-state index is 1.08. The van der Waals surface area contributed by atoms with Crippen LogP contribution in [0, 0.1) is 0 Å². The van der Waals surface area contributed by atoms with E-state index in [9.17, 15) is 0 Å². The second-order valence-electron chi connectivity index (χ2n) is 14.1. The zero-order valence-electron chi connectivity index (χ0n) is 30.8. The monoisotopic (exact) mass is 714 g/mol. The van der Waals surface area contributed by atoms with Gasteiger partial charge in [-0.15, -0.1) is 0 Å². The Hall–Kier alpha value is -7.42. The van der Waals surface area contributed by atoms with Crippen LogP contribution in [0.1, 0.15) is 0 Å². The van der Waals surface area contributed by atoms with E-state index in [1.807, 2.05) is 0 Å². The van der Waals surface area contributed by atoms with Gasteiger partial charge in [-0.1, -0.05) is 188 Å². The molecule has 0 N–H and O–H groups in total. The number of aromatic nitrogens is 1. The van der Waals surface area contributed by atoms with E-state index in [4.69, 9.17) is 0 Å². The highest BCUT2D eigenvalue weighted by Gasteiger charge is 2.24. The fourth-order valence-corrected chi connectivity index (χ4v) is 8.33. The fraction of sp³-hybridized carbons (Fsp3) is 0. The number of nitrogens with zero attached hydrogens (tertiary/aromatic N) is 2. The Kier molecular flexibility index (Phi) is 8.55. The molecule has 0 radical (unpaired) electrons. The van der Waals surface area contributed by atoms with E-state index in [0.717, 1.165) is 39.4 Å². The summed E-state index contributed by atoms with van der Waals surface area (Å²) in [7, 11) is 0. The van der Waals surface area contributed by atoms with Crippen LogP contribution in [-0.4, -0.2) is 4.57 Å². The van der Waals surface area contributed by atoms with Gasteiger partial charge in [0.05, 0.1) is 22.4 Å². The standard InChI is InChI=1S/C54H38N2/c1-4-20-39(21-5-1)43-26-10-12-28-45(43)47-30-14-17-33-51(47)56(52-34-18-15-31-48(52)46-29-13-11-27-44(46)40-22-6-2-7-23-40)42-36-37-50-49-32-16-19-35-53(49)55(54(50)38-42)41-24-8-3-9-25-41/h1-38H. The zero-order chi connectivity index (χ0) is 37.3. The van der Waals surface area contributed by atoms with Crippen molar-refractivity contribution in [3.63, 3.8) is 0 Å². The van der Waals surface area contributed by atoms with Crippen molar-refractivity contribution in [3.05, 3.63) is 231 Å². The number of anilines is 3. The number of benzene rings is 9. The summed E-state index contributed by atoms with van der Waals surface area (Å²) >= 11 is 0. The molecule has 1 aromatic heterocycles. The molecule has 2 heteroatoms. The molecule has 0 aliphatic rings. The van der Waals surface area contributed by atoms with E-state index >= 15 is 0 Å². The average molecular weight is 715 g/mol. The van der Waals surface area contributed by atoms with Crippen LogP contribution in [0.5, 0.6) is 0 Å². The molecule has 0 aliphatic heterocycles. The van der Waals surface area contributed by atoms with Crippen molar-refractivity contribution < 1.29 is 0 Å². The molecule has 56 heavy (non-hydrogen) atoms. The predicted molar refractivity (Wildman–Crippen MR) is 237 cm³/mol. The van der Waals surface area contributed by atoms with Gasteiger partial charge >= 0.3 is 0 Å². The largest absolute Gasteiger partial charge is 0.309 e. The SMILES string of the molecule is c1ccc(-c2ccccc2-c2ccccc2N(c2ccc3c4ccccc4n(-c4ccccc4)c3c2)c2ccccc2-c2ccccc2-c2ccccc2)cc1. The second-order valence-corrected chi connectivity index (χ2v) is 14.1. The highest BCUT2D eigenvalue weighted by atomic mass is 15.1. The van der Waals surface area contributed by atoms with Crippen LogP contribution in [0.2, 0.25) is 0 Å². The molecular formula is C54H38N2. The Bertz CT molecular complexity index is 2840. The minimum absolute atomic E-state index is 1.08. The highest BCUT2D eigenvalue weighted by Crippen LogP contribution is 2.48. The third kappa shape index (κ3) is 5.85. The molecule has 0 fully saturated rings. The van der Waals surface area contributed by atoms with Crippen molar-refractivity contribution in [2.24, 2.45) is 0 Å². The first-order valence-electron chi connectivity index (χ1n) is 19.2. The Morgan fingerprint density at radius 3 is 1.25 bits per heavy atom. The van der Waals surface area contributed by atoms with E-state index < -0.39 is 0 Å². The number of para-hydroxylation sites is 4. The molecule has 10 rings (SSSR count). The number of hydrogen-bond acceptors (Lipinski definition) is 1. The first-order valence-corrected chi connectivity index (χ1v) is 19.2. The maximum absolute atomic E-state index is 2.47. The number of fused-ring (bicyclic) bond motifs is 3. The zero-order valence-corrected chi connectivity index (χ0v) is 30.8. The van der Waals surface area contributed by atoms with Crippen LogP contribution in [0.25, 0.3) is 72.0 Å². The molecule has 0 aliphatic carbocycles. The lowest BCUT2D eigenvalue weighted by molar-refractivity contribution is 1.18. The molecule has 0 spiro atoms. The van der Waals surface area contributed by atoms with Crippen molar-refractivity contribution in [2.75, 3.05) is 4.90 Å². The van der Waals surface area contributed by atoms with Crippen LogP contribution in [0.3, 0.4) is 0 Å². The van der Waals surface area contributed by atoms with Crippen LogP contribution in [0.15, 0.2) is 231 Å². The van der Waals surface area contributed by atoms with E-state index in [1.54, 1.807) is 0 Å². The molecule has 2 nitrogen and oxygen atoms in total. The van der Waals surface area contributed by atoms with Crippen molar-refractivity contribution in [3.8, 4) is 50.2 Å². The normalized spacial score (nSPS) is 11.2. The molecule has 0 unspecified atom stereocenters. The van der Waals surface area contributed by atoms with Gasteiger partial charge in [0.1, 0.15) is 0 Å². The van der Waals surface area contributed by atoms with Gasteiger partial charge in [-0.25, -0.2) is 0 Å². The first kappa shape index (κ1) is 33.2. The van der Waals surface area contributed by atoms with Crippen LogP contribution >= 0.6 is 0 Å². The Balaban J connectivity index is 1.27. The van der Waals surface area contributed by atoms with E-state index in [0.29, 0.717) is 0 Å². The molecule has 10 aromatic rings. The summed E-state index contributed by atoms with van der Waals surface area (Å²) in [6.07, 6.45) is 0. The lowest BCUT2D eigenvalue weighted by atomic mass is 9.91. The summed E-state index contributed by atoms with van der Waals surface area (Å²) in [4.78, 5) is 2.47. The summed E-state index contributed by atoms with van der Waals surface area (Å²) in [5.41, 5.74) is 16.2. The smallest absolute Gasteiger partial charge is 0.0561 e. The average Bonchev–Trinajstić information content (AvgIpc) is 3.61. The maximum Gasteiger partial charge on any atom is 0.0561 e. The molecule has 9 aromatic carbocycles. The summed E-state index contributed by atoms with van der Waals surface area (Å²) < 4.78 is 2.40. The molecule has 0 atom stereocenters. The highest BCUT2D eigenvalue weighted by molar-refractivity contribution is 6.11. The Morgan fingerprint density at radius 1 is 0.286 bits per heavy atom. The topological polar surface area (TPSA) is 8.17 Å². The van der Waals surface area contributed by atoms with E-state index in [1.165, 1.54) is 49.7 Å². The van der Waals surface area contributed by atoms with Crippen LogP contribution in [0.4, 0.5) is 17.1 Å². The summed E-state index contributed by atoms with van der Waals surface area (Å²) in [6.45, 7) is 0. The van der Waals surface area contributed by atoms with Crippen molar-refractivity contribution in [1.29, 1.82) is 0 Å². The molecule has 264 valence electrons. The third-order valence-electron chi connectivity index (χ3n) is 10.8. The van der Waals surface area contributed by atoms with Crippen LogP contribution < -0.4 is 4.90 Å². The Morgan fingerprint density at radius 2 is 0.696 bits per heavy atom. The van der Waals surface area contributed by atoms with Gasteiger partial charge in [-0.3, -0.25) is 0 Å². The van der Waals surface area contributed by atoms with Gasteiger partial charge in [-0.2, -0.15) is 0 Å². The van der Waals surface area contributed by atoms with Gasteiger partial charge in [0, 0.05) is 33.3 Å². The van der Waals surface area contributed by atoms with Crippen molar-refractivity contribution >= 4 is 38.9 Å². The molecule has 0 saturated carbocycles. The molecule has 0 amide bonds. The molecule has 0 saturated heterocycles. The van der Waals surface area contributed by atoms with E-state index in [2.05, 4.69) is 240 Å². The molecule has 1 heterocycles. The summed E-state index contributed by atoms with van der Waals surface area (Å²) in [5.74, 6) is 0. The number of rotatable bonds is 8. The maximum atomic E-state index is 2.47. The predicted octanol–water partition coefficient (Wildman–Crippen LogP) is 14.9. The first-order chi connectivity index (χ1) is 27.8. The van der Waals surface area contributed by atoms with Gasteiger partial charge < -0.3 is 9.47 Å². The van der Waals surface area contributed by atoms with Gasteiger partial charge in [-0.05, 0) is 75.8 Å². The van der Waals surface area contributed by atoms with Gasteiger partial charge in [0.25, 0.3) is 0 Å². The summed E-state index contributed by atoms with van der Waals surface area (Å²) in [6, 6.07) is 83.1. The Labute approximate surface area is 327 Å².